The minimum Gasteiger partial charge on any atom is -0.497 e. The van der Waals surface area contributed by atoms with Crippen LogP contribution >= 0.6 is 11.8 Å². The average molecular weight is 461 g/mol. The van der Waals surface area contributed by atoms with E-state index in [1.165, 1.54) is 16.7 Å². The molecule has 3 aliphatic rings. The van der Waals surface area contributed by atoms with Crippen LogP contribution in [0.2, 0.25) is 0 Å². The Hall–Kier alpha value is -2.52. The lowest BCUT2D eigenvalue weighted by molar-refractivity contribution is -0.148. The number of aliphatic hydroxyl groups is 1. The Morgan fingerprint density at radius 1 is 1.38 bits per heavy atom. The lowest BCUT2D eigenvalue weighted by Crippen LogP contribution is -2.55. The maximum absolute atomic E-state index is 14.0. The number of fused-ring (bicyclic) bond motifs is 1. The Bertz CT molecular complexity index is 922. The fourth-order valence-electron chi connectivity index (χ4n) is 5.56. The van der Waals surface area contributed by atoms with Crippen LogP contribution in [0.15, 0.2) is 36.9 Å². The number of hydrogen-bond donors (Lipinski definition) is 2. The molecule has 3 fully saturated rings. The summed E-state index contributed by atoms with van der Waals surface area (Å²) in [7, 11) is 1.57. The summed E-state index contributed by atoms with van der Waals surface area (Å²) in [6.07, 6.45) is 3.26. The third-order valence-corrected chi connectivity index (χ3v) is 8.79. The predicted octanol–water partition coefficient (Wildman–Crippen LogP) is 1.77. The number of thioether (sulfide) groups is 1. The number of likely N-dealkylation sites (tertiary alicyclic amines) is 1. The minimum atomic E-state index is -0.976. The topological polar surface area (TPSA) is 107 Å². The van der Waals surface area contributed by atoms with Crippen molar-refractivity contribution in [2.24, 2.45) is 11.8 Å². The van der Waals surface area contributed by atoms with E-state index >= 15 is 0 Å². The summed E-state index contributed by atoms with van der Waals surface area (Å²) in [6.45, 7) is 4.13. The average Bonchev–Trinajstić information content (AvgIpc) is 3.43. The van der Waals surface area contributed by atoms with E-state index in [1.54, 1.807) is 42.4 Å². The van der Waals surface area contributed by atoms with Gasteiger partial charge in [0.15, 0.2) is 0 Å². The van der Waals surface area contributed by atoms with Crippen LogP contribution in [0.25, 0.3) is 0 Å². The first-order valence-electron chi connectivity index (χ1n) is 10.8. The molecule has 1 aromatic rings. The van der Waals surface area contributed by atoms with Crippen LogP contribution in [0.4, 0.5) is 5.69 Å². The molecule has 3 aliphatic heterocycles. The van der Waals surface area contributed by atoms with Crippen LogP contribution in [-0.2, 0) is 14.4 Å². The van der Waals surface area contributed by atoms with Crippen LogP contribution in [0.5, 0.6) is 5.75 Å². The first-order chi connectivity index (χ1) is 15.4. The largest absolute Gasteiger partial charge is 0.497 e. The number of rotatable bonds is 9. The number of carbonyl (C=O) groups excluding carboxylic acids is 2. The van der Waals surface area contributed by atoms with Crippen LogP contribution < -0.4 is 9.64 Å². The molecular formula is C23H28N2O6S. The lowest BCUT2D eigenvalue weighted by atomic mass is 9.71. The second-order valence-electron chi connectivity index (χ2n) is 8.44. The number of benzene rings is 1. The zero-order chi connectivity index (χ0) is 23.0. The molecule has 0 aromatic heterocycles. The van der Waals surface area contributed by atoms with Crippen molar-refractivity contribution in [1.82, 2.24) is 4.90 Å². The van der Waals surface area contributed by atoms with Gasteiger partial charge in [0.05, 0.1) is 23.7 Å². The zero-order valence-corrected chi connectivity index (χ0v) is 18.8. The Kier molecular flexibility index (Phi) is 6.22. The SMILES string of the molecule is C=CCN(C(=O)C1N(CCCO)C(=O)[C@@H]2[C@H](C(=O)O)[C@@H]3CCC12S3)c1ccc(OC)cc1. The quantitative estimate of drug-likeness (QED) is 0.541. The number of hydrogen-bond acceptors (Lipinski definition) is 6. The Morgan fingerprint density at radius 3 is 2.69 bits per heavy atom. The maximum Gasteiger partial charge on any atom is 0.308 e. The zero-order valence-electron chi connectivity index (χ0n) is 18.0. The number of carboxylic acid groups (broad SMARTS) is 1. The van der Waals surface area contributed by atoms with Crippen molar-refractivity contribution in [3.8, 4) is 5.75 Å². The maximum atomic E-state index is 14.0. The van der Waals surface area contributed by atoms with Crippen LogP contribution in [0.3, 0.4) is 0 Å². The number of amides is 2. The van der Waals surface area contributed by atoms with E-state index < -0.39 is 28.6 Å². The second-order valence-corrected chi connectivity index (χ2v) is 10.0. The number of carboxylic acids is 1. The second kappa shape index (κ2) is 8.78. The molecule has 0 radical (unpaired) electrons. The Labute approximate surface area is 191 Å². The standard InChI is InChI=1S/C23H28N2O6S/c1-3-11-24(14-5-7-15(31-2)8-6-14)21(28)19-23-10-9-16(32-23)17(22(29)30)18(23)20(27)25(19)12-4-13-26/h3,5-8,16-19,26H,1,4,9-13H2,2H3,(H,29,30)/t16-,17+,18-,19?,23?/m0/s1. The van der Waals surface area contributed by atoms with Gasteiger partial charge < -0.3 is 24.7 Å². The highest BCUT2D eigenvalue weighted by molar-refractivity contribution is 8.02. The van der Waals surface area contributed by atoms with Crippen LogP contribution in [0, 0.1) is 11.8 Å². The van der Waals surface area contributed by atoms with E-state index in [2.05, 4.69) is 6.58 Å². The first kappa shape index (κ1) is 22.7. The van der Waals surface area contributed by atoms with Crippen molar-refractivity contribution in [1.29, 1.82) is 0 Å². The van der Waals surface area contributed by atoms with Crippen molar-refractivity contribution in [2.75, 3.05) is 31.7 Å². The predicted molar refractivity (Wildman–Crippen MR) is 121 cm³/mol. The van der Waals surface area contributed by atoms with Crippen LogP contribution in [-0.4, -0.2) is 75.7 Å². The smallest absolute Gasteiger partial charge is 0.308 e. The minimum absolute atomic E-state index is 0.116. The van der Waals surface area contributed by atoms with Gasteiger partial charge in [-0.1, -0.05) is 6.08 Å². The molecule has 0 saturated carbocycles. The summed E-state index contributed by atoms with van der Waals surface area (Å²) in [4.78, 5) is 42.7. The summed E-state index contributed by atoms with van der Waals surface area (Å²) in [6, 6.07) is 6.31. The molecule has 2 unspecified atom stereocenters. The first-order valence-corrected chi connectivity index (χ1v) is 11.7. The summed E-state index contributed by atoms with van der Waals surface area (Å²) in [5, 5.41) is 19.1. The number of aliphatic carboxylic acids is 1. The molecule has 1 aromatic carbocycles. The van der Waals surface area contributed by atoms with E-state index in [9.17, 15) is 24.6 Å². The van der Waals surface area contributed by atoms with Gasteiger partial charge in [-0.15, -0.1) is 18.3 Å². The molecule has 1 spiro atoms. The third-order valence-electron chi connectivity index (χ3n) is 6.84. The molecule has 172 valence electrons. The Balaban J connectivity index is 1.75. The van der Waals surface area contributed by atoms with Gasteiger partial charge in [-0.25, -0.2) is 0 Å². The van der Waals surface area contributed by atoms with E-state index in [0.29, 0.717) is 30.7 Å². The fourth-order valence-corrected chi connectivity index (χ4v) is 7.76. The molecule has 9 heteroatoms. The van der Waals surface area contributed by atoms with E-state index in [1.807, 2.05) is 0 Å². The molecular weight excluding hydrogens is 432 g/mol. The van der Waals surface area contributed by atoms with Gasteiger partial charge in [0, 0.05) is 30.6 Å². The number of anilines is 1. The molecule has 2 amide bonds. The number of carbonyl (C=O) groups is 3. The summed E-state index contributed by atoms with van der Waals surface area (Å²) in [5.41, 5.74) is 0.650. The highest BCUT2D eigenvalue weighted by Crippen LogP contribution is 2.66. The van der Waals surface area contributed by atoms with E-state index in [4.69, 9.17) is 4.74 Å². The van der Waals surface area contributed by atoms with Crippen molar-refractivity contribution >= 4 is 35.2 Å². The number of methoxy groups -OCH3 is 1. The fraction of sp³-hybridized carbons (Fsp3) is 0.522. The molecule has 2 N–H and O–H groups in total. The summed E-state index contributed by atoms with van der Waals surface area (Å²) in [5.74, 6) is -2.36. The highest BCUT2D eigenvalue weighted by atomic mass is 32.2. The van der Waals surface area contributed by atoms with Gasteiger partial charge in [-0.05, 0) is 43.5 Å². The normalized spacial score (nSPS) is 30.3. The molecule has 4 rings (SSSR count). The third kappa shape index (κ3) is 3.38. The van der Waals surface area contributed by atoms with Crippen molar-refractivity contribution in [3.63, 3.8) is 0 Å². The van der Waals surface area contributed by atoms with Gasteiger partial charge in [0.25, 0.3) is 5.91 Å². The monoisotopic (exact) mass is 460 g/mol. The van der Waals surface area contributed by atoms with Crippen molar-refractivity contribution < 1.29 is 29.3 Å². The lowest BCUT2D eigenvalue weighted by Gasteiger charge is -2.37. The number of ether oxygens (including phenoxy) is 1. The van der Waals surface area contributed by atoms with E-state index in [-0.39, 0.29) is 36.8 Å². The number of aliphatic hydroxyl groups excluding tert-OH is 1. The summed E-state index contributed by atoms with van der Waals surface area (Å²) >= 11 is 1.50. The van der Waals surface area contributed by atoms with Crippen molar-refractivity contribution in [2.45, 2.75) is 35.3 Å². The van der Waals surface area contributed by atoms with Gasteiger partial charge in [0.2, 0.25) is 5.91 Å². The molecule has 5 atom stereocenters. The van der Waals surface area contributed by atoms with Gasteiger partial charge in [0.1, 0.15) is 11.8 Å². The molecule has 32 heavy (non-hydrogen) atoms. The Morgan fingerprint density at radius 2 is 2.09 bits per heavy atom. The van der Waals surface area contributed by atoms with Gasteiger partial charge in [-0.3, -0.25) is 14.4 Å². The molecule has 0 aliphatic carbocycles. The molecule has 8 nitrogen and oxygen atoms in total. The molecule has 3 saturated heterocycles. The van der Waals surface area contributed by atoms with Gasteiger partial charge in [-0.2, -0.15) is 0 Å². The van der Waals surface area contributed by atoms with E-state index in [0.717, 1.165) is 0 Å². The van der Waals surface area contributed by atoms with Crippen LogP contribution in [0.1, 0.15) is 19.3 Å². The highest BCUT2D eigenvalue weighted by Gasteiger charge is 2.73. The van der Waals surface area contributed by atoms with Gasteiger partial charge >= 0.3 is 5.97 Å². The van der Waals surface area contributed by atoms with Crippen molar-refractivity contribution in [3.05, 3.63) is 36.9 Å². The molecule has 2 bridgehead atoms. The summed E-state index contributed by atoms with van der Waals surface area (Å²) < 4.78 is 4.45. The molecule has 3 heterocycles. The number of nitrogens with zero attached hydrogens (tertiary/aromatic N) is 2.